The van der Waals surface area contributed by atoms with Crippen molar-refractivity contribution in [2.24, 2.45) is 0 Å². The summed E-state index contributed by atoms with van der Waals surface area (Å²) in [6.45, 7) is 0. The van der Waals surface area contributed by atoms with Crippen LogP contribution in [-0.2, 0) is 0 Å². The maximum atomic E-state index is 2.45. The van der Waals surface area contributed by atoms with E-state index >= 15 is 0 Å². The van der Waals surface area contributed by atoms with E-state index in [-0.39, 0.29) is 0 Å². The number of hydrogen-bond acceptors (Lipinski definition) is 2. The molecule has 14 aromatic rings. The molecule has 0 saturated carbocycles. The summed E-state index contributed by atoms with van der Waals surface area (Å²) in [4.78, 5) is 0. The minimum Gasteiger partial charge on any atom is -0.135 e. The van der Waals surface area contributed by atoms with E-state index in [1.807, 2.05) is 22.7 Å². The standard InChI is InChI=1S/C64H38S2/c1-3-17-39(18-4-1)41-33-35-56-54(37-41)55-38-42(34-36-57(55)65-56)60-45-23-9-13-27-49(45)62(50-28-14-10-24-46(50)60)52-30-15-31-53-63-51(29-16-32-58(63)66-64(52)53)61-47-25-11-7-21-43(47)59(40-19-5-2-6-20-40)44-22-8-12-26-48(44)61/h1-38H. The molecule has 2 heterocycles. The summed E-state index contributed by atoms with van der Waals surface area (Å²) in [6, 6.07) is 85.8. The van der Waals surface area contributed by atoms with E-state index in [0.717, 1.165) is 0 Å². The number of rotatable bonds is 5. The van der Waals surface area contributed by atoms with Crippen LogP contribution in [0, 0.1) is 0 Å². The van der Waals surface area contributed by atoms with Gasteiger partial charge in [0.05, 0.1) is 0 Å². The summed E-state index contributed by atoms with van der Waals surface area (Å²) < 4.78 is 5.25. The third-order valence-electron chi connectivity index (χ3n) is 13.9. The summed E-state index contributed by atoms with van der Waals surface area (Å²) >= 11 is 3.80. The van der Waals surface area contributed by atoms with Crippen molar-refractivity contribution < 1.29 is 0 Å². The van der Waals surface area contributed by atoms with Crippen LogP contribution in [0.1, 0.15) is 0 Å². The normalized spacial score (nSPS) is 11.9. The zero-order chi connectivity index (χ0) is 43.3. The average Bonchev–Trinajstić information content (AvgIpc) is 3.96. The highest BCUT2D eigenvalue weighted by Crippen LogP contribution is 2.52. The van der Waals surface area contributed by atoms with E-state index in [9.17, 15) is 0 Å². The Hall–Kier alpha value is -7.88. The summed E-state index contributed by atoms with van der Waals surface area (Å²) in [7, 11) is 0. The first-order chi connectivity index (χ1) is 32.8. The van der Waals surface area contributed by atoms with Crippen LogP contribution in [0.2, 0.25) is 0 Å². The molecule has 0 aliphatic carbocycles. The van der Waals surface area contributed by atoms with Gasteiger partial charge in [0.15, 0.2) is 0 Å². The first kappa shape index (κ1) is 37.5. The van der Waals surface area contributed by atoms with E-state index in [2.05, 4.69) is 231 Å². The molecule has 0 N–H and O–H groups in total. The van der Waals surface area contributed by atoms with Crippen LogP contribution in [0.25, 0.3) is 139 Å². The van der Waals surface area contributed by atoms with Gasteiger partial charge in [-0.05, 0) is 123 Å². The lowest BCUT2D eigenvalue weighted by Crippen LogP contribution is -1.91. The molecule has 0 fully saturated rings. The molecule has 2 aromatic heterocycles. The lowest BCUT2D eigenvalue weighted by Gasteiger charge is -2.19. The van der Waals surface area contributed by atoms with Crippen LogP contribution in [0.15, 0.2) is 231 Å². The van der Waals surface area contributed by atoms with Gasteiger partial charge in [-0.2, -0.15) is 0 Å². The van der Waals surface area contributed by atoms with E-state index in [0.29, 0.717) is 0 Å². The zero-order valence-corrected chi connectivity index (χ0v) is 37.4. The molecule has 0 radical (unpaired) electrons. The van der Waals surface area contributed by atoms with E-state index in [1.54, 1.807) is 0 Å². The van der Waals surface area contributed by atoms with E-state index in [1.165, 1.54) is 139 Å². The molecule has 0 aliphatic rings. The maximum absolute atomic E-state index is 2.45. The van der Waals surface area contributed by atoms with Gasteiger partial charge in [-0.3, -0.25) is 0 Å². The molecule has 0 unspecified atom stereocenters. The fourth-order valence-corrected chi connectivity index (χ4v) is 13.4. The second-order valence-electron chi connectivity index (χ2n) is 17.4. The third kappa shape index (κ3) is 5.62. The average molecular weight is 871 g/mol. The van der Waals surface area contributed by atoms with Crippen molar-refractivity contribution in [2.45, 2.75) is 0 Å². The Bertz CT molecular complexity index is 4150. The van der Waals surface area contributed by atoms with Crippen LogP contribution in [-0.4, -0.2) is 0 Å². The molecule has 306 valence electrons. The molecule has 0 atom stereocenters. The van der Waals surface area contributed by atoms with Crippen molar-refractivity contribution in [2.75, 3.05) is 0 Å². The highest BCUT2D eigenvalue weighted by Gasteiger charge is 2.23. The third-order valence-corrected chi connectivity index (χ3v) is 16.2. The zero-order valence-electron chi connectivity index (χ0n) is 35.8. The van der Waals surface area contributed by atoms with Crippen molar-refractivity contribution in [1.29, 1.82) is 0 Å². The van der Waals surface area contributed by atoms with Gasteiger partial charge in [0, 0.05) is 45.9 Å². The SMILES string of the molecule is c1ccc(-c2ccc3sc4ccc(-c5c6ccccc6c(-c6cccc7c6sc6cccc(-c8c9ccccc9c(-c9ccccc9)c9ccccc89)c67)c6ccccc56)cc4c3c2)cc1. The van der Waals surface area contributed by atoms with Crippen molar-refractivity contribution in [3.05, 3.63) is 231 Å². The molecule has 0 saturated heterocycles. The Labute approximate surface area is 389 Å². The van der Waals surface area contributed by atoms with E-state index < -0.39 is 0 Å². The Morgan fingerprint density at radius 3 is 1.18 bits per heavy atom. The minimum atomic E-state index is 1.24. The fraction of sp³-hybridized carbons (Fsp3) is 0. The first-order valence-corrected chi connectivity index (χ1v) is 24.3. The van der Waals surface area contributed by atoms with Crippen molar-refractivity contribution >= 4 is 106 Å². The van der Waals surface area contributed by atoms with Gasteiger partial charge < -0.3 is 0 Å². The smallest absolute Gasteiger partial charge is 0.0434 e. The summed E-state index contributed by atoms with van der Waals surface area (Å²) in [6.07, 6.45) is 0. The molecular formula is C64H38S2. The number of thiophene rings is 2. The van der Waals surface area contributed by atoms with Gasteiger partial charge in [0.1, 0.15) is 0 Å². The Balaban J connectivity index is 1.01. The van der Waals surface area contributed by atoms with Crippen molar-refractivity contribution in [3.63, 3.8) is 0 Å². The van der Waals surface area contributed by atoms with Crippen LogP contribution >= 0.6 is 22.7 Å². The maximum Gasteiger partial charge on any atom is 0.0434 e. The number of fused-ring (bicyclic) bond motifs is 10. The van der Waals surface area contributed by atoms with Crippen LogP contribution in [0.5, 0.6) is 0 Å². The largest absolute Gasteiger partial charge is 0.135 e. The van der Waals surface area contributed by atoms with E-state index in [4.69, 9.17) is 0 Å². The lowest BCUT2D eigenvalue weighted by atomic mass is 9.84. The summed E-state index contributed by atoms with van der Waals surface area (Å²) in [5.74, 6) is 0. The predicted octanol–water partition coefficient (Wildman–Crippen LogP) is 19.4. The van der Waals surface area contributed by atoms with Gasteiger partial charge in [-0.1, -0.05) is 200 Å². The Kier molecular flexibility index (Phi) is 8.43. The fourth-order valence-electron chi connectivity index (χ4n) is 11.1. The molecule has 0 spiro atoms. The second kappa shape index (κ2) is 14.8. The van der Waals surface area contributed by atoms with Crippen LogP contribution in [0.3, 0.4) is 0 Å². The molecule has 2 heteroatoms. The van der Waals surface area contributed by atoms with Crippen molar-refractivity contribution in [1.82, 2.24) is 0 Å². The molecular weight excluding hydrogens is 833 g/mol. The highest BCUT2D eigenvalue weighted by atomic mass is 32.1. The second-order valence-corrected chi connectivity index (χ2v) is 19.5. The highest BCUT2D eigenvalue weighted by molar-refractivity contribution is 7.26. The Morgan fingerprint density at radius 1 is 0.212 bits per heavy atom. The molecule has 0 aliphatic heterocycles. The quantitative estimate of drug-likeness (QED) is 0.151. The van der Waals surface area contributed by atoms with Gasteiger partial charge in [0.25, 0.3) is 0 Å². The van der Waals surface area contributed by atoms with Crippen LogP contribution < -0.4 is 0 Å². The predicted molar refractivity (Wildman–Crippen MR) is 289 cm³/mol. The minimum absolute atomic E-state index is 1.24. The van der Waals surface area contributed by atoms with Gasteiger partial charge in [-0.15, -0.1) is 22.7 Å². The molecule has 0 bridgehead atoms. The molecule has 14 rings (SSSR count). The first-order valence-electron chi connectivity index (χ1n) is 22.7. The molecule has 12 aromatic carbocycles. The van der Waals surface area contributed by atoms with Gasteiger partial charge >= 0.3 is 0 Å². The molecule has 0 amide bonds. The monoisotopic (exact) mass is 870 g/mol. The molecule has 0 nitrogen and oxygen atoms in total. The van der Waals surface area contributed by atoms with Gasteiger partial charge in [-0.25, -0.2) is 0 Å². The molecule has 66 heavy (non-hydrogen) atoms. The summed E-state index contributed by atoms with van der Waals surface area (Å²) in [5.41, 5.74) is 12.7. The lowest BCUT2D eigenvalue weighted by molar-refractivity contribution is 1.66. The van der Waals surface area contributed by atoms with Crippen LogP contribution in [0.4, 0.5) is 0 Å². The van der Waals surface area contributed by atoms with Crippen molar-refractivity contribution in [3.8, 4) is 55.6 Å². The summed E-state index contributed by atoms with van der Waals surface area (Å²) in [5, 5.41) is 15.4. The van der Waals surface area contributed by atoms with Gasteiger partial charge in [0.2, 0.25) is 0 Å². The topological polar surface area (TPSA) is 0 Å². The Morgan fingerprint density at radius 2 is 0.621 bits per heavy atom. The number of hydrogen-bond donors (Lipinski definition) is 0. The number of benzene rings is 12.